The Balaban J connectivity index is 2.29. The summed E-state index contributed by atoms with van der Waals surface area (Å²) in [6, 6.07) is 3.71. The minimum atomic E-state index is -0.0657. The number of ketones is 2. The Kier molecular flexibility index (Phi) is 3.66. The second-order valence-corrected chi connectivity index (χ2v) is 8.09. The summed E-state index contributed by atoms with van der Waals surface area (Å²) in [7, 11) is 1.61. The molecule has 0 radical (unpaired) electrons. The van der Waals surface area contributed by atoms with E-state index in [2.05, 4.69) is 20.8 Å². The molecule has 0 aromatic heterocycles. The van der Waals surface area contributed by atoms with Gasteiger partial charge in [-0.25, -0.2) is 0 Å². The molecule has 124 valence electrons. The van der Waals surface area contributed by atoms with Gasteiger partial charge in [-0.15, -0.1) is 0 Å². The van der Waals surface area contributed by atoms with Gasteiger partial charge in [0.15, 0.2) is 11.6 Å². The number of Topliss-reactive ketones (excluding diaryl/α,β-unsaturated/α-hetero) is 2. The highest BCUT2D eigenvalue weighted by Crippen LogP contribution is 2.57. The van der Waals surface area contributed by atoms with Crippen molar-refractivity contribution in [3.05, 3.63) is 28.8 Å². The molecular formula is C20H26O3. The smallest absolute Gasteiger partial charge is 0.164 e. The summed E-state index contributed by atoms with van der Waals surface area (Å²) in [5, 5.41) is 0. The third-order valence-corrected chi connectivity index (χ3v) is 6.24. The van der Waals surface area contributed by atoms with E-state index < -0.39 is 0 Å². The van der Waals surface area contributed by atoms with E-state index in [0.717, 1.165) is 24.8 Å². The van der Waals surface area contributed by atoms with Crippen molar-refractivity contribution in [2.24, 2.45) is 11.3 Å². The zero-order chi connectivity index (χ0) is 17.0. The molecule has 2 aliphatic rings. The van der Waals surface area contributed by atoms with Crippen LogP contribution in [0.5, 0.6) is 5.75 Å². The van der Waals surface area contributed by atoms with Gasteiger partial charge < -0.3 is 4.74 Å². The number of fused-ring (bicyclic) bond motifs is 3. The van der Waals surface area contributed by atoms with Crippen LogP contribution < -0.4 is 4.74 Å². The molecule has 0 saturated heterocycles. The van der Waals surface area contributed by atoms with Crippen LogP contribution in [-0.4, -0.2) is 18.7 Å². The van der Waals surface area contributed by atoms with E-state index in [9.17, 15) is 9.59 Å². The fourth-order valence-corrected chi connectivity index (χ4v) is 5.00. The van der Waals surface area contributed by atoms with E-state index in [1.54, 1.807) is 13.2 Å². The zero-order valence-electron chi connectivity index (χ0n) is 14.8. The van der Waals surface area contributed by atoms with Crippen molar-refractivity contribution in [1.29, 1.82) is 0 Å². The molecule has 0 heterocycles. The van der Waals surface area contributed by atoms with Crippen molar-refractivity contribution in [2.75, 3.05) is 7.11 Å². The van der Waals surface area contributed by atoms with Crippen molar-refractivity contribution in [3.63, 3.8) is 0 Å². The molecule has 3 heteroatoms. The SMILES string of the molecule is COc1cc(C(C)=O)c2c(c1)C1(C)CCCC(C)(C)C1CC2=O. The van der Waals surface area contributed by atoms with Crippen molar-refractivity contribution in [3.8, 4) is 5.75 Å². The average molecular weight is 314 g/mol. The lowest BCUT2D eigenvalue weighted by Gasteiger charge is -2.54. The van der Waals surface area contributed by atoms with Gasteiger partial charge in [0.05, 0.1) is 7.11 Å². The molecule has 1 saturated carbocycles. The van der Waals surface area contributed by atoms with Gasteiger partial charge in [0.2, 0.25) is 0 Å². The molecular weight excluding hydrogens is 288 g/mol. The van der Waals surface area contributed by atoms with Crippen molar-refractivity contribution in [2.45, 2.75) is 58.8 Å². The van der Waals surface area contributed by atoms with Crippen LogP contribution in [0.25, 0.3) is 0 Å². The molecule has 0 aliphatic heterocycles. The predicted molar refractivity (Wildman–Crippen MR) is 90.4 cm³/mol. The molecule has 0 spiro atoms. The van der Waals surface area contributed by atoms with Gasteiger partial charge in [0.25, 0.3) is 0 Å². The molecule has 2 atom stereocenters. The number of carbonyl (C=O) groups is 2. The summed E-state index contributed by atoms with van der Waals surface area (Å²) in [5.74, 6) is 1.04. The number of rotatable bonds is 2. The van der Waals surface area contributed by atoms with E-state index in [1.165, 1.54) is 6.92 Å². The standard InChI is InChI=1S/C20H26O3/c1-12(21)14-9-13(23-5)10-15-18(14)16(22)11-17-19(2,3)7-6-8-20(15,17)4/h9-10,17H,6-8,11H2,1-5H3. The van der Waals surface area contributed by atoms with Crippen molar-refractivity contribution >= 4 is 11.6 Å². The molecule has 0 bridgehead atoms. The Morgan fingerprint density at radius 2 is 1.91 bits per heavy atom. The monoisotopic (exact) mass is 314 g/mol. The van der Waals surface area contributed by atoms with E-state index >= 15 is 0 Å². The number of hydrogen-bond donors (Lipinski definition) is 0. The van der Waals surface area contributed by atoms with Crippen LogP contribution in [0, 0.1) is 11.3 Å². The van der Waals surface area contributed by atoms with Gasteiger partial charge in [-0.3, -0.25) is 9.59 Å². The van der Waals surface area contributed by atoms with E-state index in [1.807, 2.05) is 6.07 Å². The molecule has 3 nitrogen and oxygen atoms in total. The number of benzene rings is 1. The summed E-state index contributed by atoms with van der Waals surface area (Å²) in [5.41, 5.74) is 2.27. The first kappa shape index (κ1) is 16.2. The summed E-state index contributed by atoms with van der Waals surface area (Å²) in [6.07, 6.45) is 3.91. The summed E-state index contributed by atoms with van der Waals surface area (Å²) in [6.45, 7) is 8.35. The van der Waals surface area contributed by atoms with Crippen molar-refractivity contribution in [1.82, 2.24) is 0 Å². The predicted octanol–water partition coefficient (Wildman–Crippen LogP) is 4.57. The molecule has 23 heavy (non-hydrogen) atoms. The third-order valence-electron chi connectivity index (χ3n) is 6.24. The highest BCUT2D eigenvalue weighted by molar-refractivity contribution is 6.10. The van der Waals surface area contributed by atoms with Crippen LogP contribution in [0.15, 0.2) is 12.1 Å². The summed E-state index contributed by atoms with van der Waals surface area (Å²) < 4.78 is 5.42. The Hall–Kier alpha value is -1.64. The third kappa shape index (κ3) is 2.32. The molecule has 1 fully saturated rings. The van der Waals surface area contributed by atoms with Crippen LogP contribution in [0.3, 0.4) is 0 Å². The second kappa shape index (κ2) is 5.19. The minimum Gasteiger partial charge on any atom is -0.497 e. The topological polar surface area (TPSA) is 43.4 Å². The van der Waals surface area contributed by atoms with Gasteiger partial charge in [0.1, 0.15) is 5.75 Å². The maximum Gasteiger partial charge on any atom is 0.164 e. The van der Waals surface area contributed by atoms with Crippen LogP contribution in [0.2, 0.25) is 0 Å². The highest BCUT2D eigenvalue weighted by atomic mass is 16.5. The number of methoxy groups -OCH3 is 1. The minimum absolute atomic E-state index is 0.0642. The Morgan fingerprint density at radius 3 is 2.52 bits per heavy atom. The molecule has 2 unspecified atom stereocenters. The first-order valence-corrected chi connectivity index (χ1v) is 8.47. The summed E-state index contributed by atoms with van der Waals surface area (Å²) >= 11 is 0. The van der Waals surface area contributed by atoms with Crippen LogP contribution in [0.4, 0.5) is 0 Å². The first-order valence-electron chi connectivity index (χ1n) is 8.47. The van der Waals surface area contributed by atoms with E-state index in [-0.39, 0.29) is 22.4 Å². The lowest BCUT2D eigenvalue weighted by molar-refractivity contribution is 0.0366. The fourth-order valence-electron chi connectivity index (χ4n) is 5.00. The molecule has 1 aromatic rings. The Labute approximate surface area is 138 Å². The average Bonchev–Trinajstić information content (AvgIpc) is 2.48. The Morgan fingerprint density at radius 1 is 1.22 bits per heavy atom. The molecule has 0 N–H and O–H groups in total. The second-order valence-electron chi connectivity index (χ2n) is 8.09. The molecule has 0 amide bonds. The van der Waals surface area contributed by atoms with Crippen LogP contribution in [0.1, 0.15) is 79.7 Å². The quantitative estimate of drug-likeness (QED) is 0.751. The largest absolute Gasteiger partial charge is 0.497 e. The lowest BCUT2D eigenvalue weighted by Crippen LogP contribution is -2.49. The number of hydrogen-bond acceptors (Lipinski definition) is 3. The molecule has 1 aromatic carbocycles. The number of ether oxygens (including phenoxy) is 1. The van der Waals surface area contributed by atoms with Crippen molar-refractivity contribution < 1.29 is 14.3 Å². The van der Waals surface area contributed by atoms with Gasteiger partial charge in [-0.1, -0.05) is 27.2 Å². The van der Waals surface area contributed by atoms with E-state index in [0.29, 0.717) is 29.2 Å². The first-order chi connectivity index (χ1) is 10.7. The van der Waals surface area contributed by atoms with Crippen LogP contribution >= 0.6 is 0 Å². The summed E-state index contributed by atoms with van der Waals surface area (Å²) in [4.78, 5) is 25.0. The number of carbonyl (C=O) groups excluding carboxylic acids is 2. The zero-order valence-corrected chi connectivity index (χ0v) is 14.8. The molecule has 3 rings (SSSR count). The maximum atomic E-state index is 12.9. The normalized spacial score (nSPS) is 28.7. The molecule has 2 aliphatic carbocycles. The van der Waals surface area contributed by atoms with Gasteiger partial charge >= 0.3 is 0 Å². The highest BCUT2D eigenvalue weighted by Gasteiger charge is 2.52. The fraction of sp³-hybridized carbons (Fsp3) is 0.600. The van der Waals surface area contributed by atoms with Gasteiger partial charge in [-0.05, 0) is 54.2 Å². The maximum absolute atomic E-state index is 12.9. The van der Waals surface area contributed by atoms with E-state index in [4.69, 9.17) is 4.74 Å². The van der Waals surface area contributed by atoms with Gasteiger partial charge in [-0.2, -0.15) is 0 Å². The van der Waals surface area contributed by atoms with Crippen LogP contribution in [-0.2, 0) is 5.41 Å². The van der Waals surface area contributed by atoms with Gasteiger partial charge in [0, 0.05) is 17.5 Å². The Bertz CT molecular complexity index is 686. The lowest BCUT2D eigenvalue weighted by atomic mass is 9.50.